The van der Waals surface area contributed by atoms with Gasteiger partial charge in [-0.1, -0.05) is 24.3 Å². The molecule has 0 aromatic heterocycles. The smallest absolute Gasteiger partial charge is 0.245 e. The third kappa shape index (κ3) is 14.2. The molecule has 7 N–H and O–H groups in total. The predicted octanol–water partition coefficient (Wildman–Crippen LogP) is 1.75. The normalized spacial score (nSPS) is 14.1. The molecule has 2 aromatic rings. The second-order valence-corrected chi connectivity index (χ2v) is 15.4. The van der Waals surface area contributed by atoms with Crippen LogP contribution in [0, 0.1) is 26.2 Å². The van der Waals surface area contributed by atoms with Crippen molar-refractivity contribution in [2.75, 3.05) is 59.7 Å². The van der Waals surface area contributed by atoms with Gasteiger partial charge in [-0.3, -0.25) is 24.6 Å². The SMILES string of the molecule is CCOCCOCCNC(=O)CCCNC(=O)CC(NS(=O)(=O)c1c(C)cc(OC)c(C)c1C)C(=O)NC(Cc1ccc(C(=N)N)cc1)C(=O)N1CCCCC1. The number of aryl methyl sites for hydroxylation is 1. The Balaban J connectivity index is 1.79. The molecule has 310 valence electrons. The van der Waals surface area contributed by atoms with E-state index in [0.29, 0.717) is 86.0 Å². The summed E-state index contributed by atoms with van der Waals surface area (Å²) in [5.74, 6) is -1.65. The van der Waals surface area contributed by atoms with Crippen LogP contribution in [-0.2, 0) is 45.1 Å². The molecule has 0 bridgehead atoms. The number of ether oxygens (including phenoxy) is 3. The first-order valence-corrected chi connectivity index (χ1v) is 20.5. The molecule has 3 rings (SSSR count). The summed E-state index contributed by atoms with van der Waals surface area (Å²) >= 11 is 0. The van der Waals surface area contributed by atoms with Crippen LogP contribution in [0.4, 0.5) is 0 Å². The van der Waals surface area contributed by atoms with Gasteiger partial charge in [-0.2, -0.15) is 4.72 Å². The Bertz CT molecular complexity index is 1760. The molecule has 4 amide bonds. The van der Waals surface area contributed by atoms with Crippen molar-refractivity contribution in [1.29, 1.82) is 5.41 Å². The first kappa shape index (κ1) is 45.8. The summed E-state index contributed by atoms with van der Waals surface area (Å²) in [6.07, 6.45) is 2.51. The summed E-state index contributed by atoms with van der Waals surface area (Å²) in [6.45, 7) is 10.2. The van der Waals surface area contributed by atoms with Crippen molar-refractivity contribution in [2.45, 2.75) is 89.6 Å². The summed E-state index contributed by atoms with van der Waals surface area (Å²) in [5.41, 5.74) is 8.18. The van der Waals surface area contributed by atoms with E-state index in [0.717, 1.165) is 19.3 Å². The average molecular weight is 802 g/mol. The number of methoxy groups -OCH3 is 1. The first-order valence-electron chi connectivity index (χ1n) is 19.1. The molecule has 56 heavy (non-hydrogen) atoms. The first-order chi connectivity index (χ1) is 26.7. The number of piperidine rings is 1. The maximum Gasteiger partial charge on any atom is 0.245 e. The van der Waals surface area contributed by atoms with Gasteiger partial charge in [0.1, 0.15) is 23.7 Å². The number of rotatable bonds is 23. The number of sulfonamides is 1. The van der Waals surface area contributed by atoms with Crippen molar-refractivity contribution in [3.05, 3.63) is 58.1 Å². The van der Waals surface area contributed by atoms with Gasteiger partial charge in [0.15, 0.2) is 0 Å². The van der Waals surface area contributed by atoms with Crippen LogP contribution in [0.25, 0.3) is 0 Å². The quantitative estimate of drug-likeness (QED) is 0.0542. The molecule has 0 spiro atoms. The van der Waals surface area contributed by atoms with Gasteiger partial charge in [-0.25, -0.2) is 8.42 Å². The van der Waals surface area contributed by atoms with E-state index >= 15 is 0 Å². The lowest BCUT2D eigenvalue weighted by molar-refractivity contribution is -0.137. The Morgan fingerprint density at radius 2 is 1.55 bits per heavy atom. The molecule has 16 nitrogen and oxygen atoms in total. The molecule has 1 fully saturated rings. The fraction of sp³-hybridized carbons (Fsp3) is 0.564. The van der Waals surface area contributed by atoms with Gasteiger partial charge in [-0.15, -0.1) is 0 Å². The Morgan fingerprint density at radius 3 is 2.20 bits per heavy atom. The van der Waals surface area contributed by atoms with Crippen LogP contribution < -0.4 is 31.1 Å². The van der Waals surface area contributed by atoms with Crippen LogP contribution in [0.3, 0.4) is 0 Å². The molecule has 0 saturated carbocycles. The maximum atomic E-state index is 14.2. The summed E-state index contributed by atoms with van der Waals surface area (Å²) in [5, 5.41) is 15.9. The maximum absolute atomic E-state index is 14.2. The van der Waals surface area contributed by atoms with E-state index in [1.165, 1.54) is 7.11 Å². The van der Waals surface area contributed by atoms with Gasteiger partial charge >= 0.3 is 0 Å². The number of hydrogen-bond acceptors (Lipinski definition) is 10. The summed E-state index contributed by atoms with van der Waals surface area (Å²) in [4.78, 5) is 55.2. The fourth-order valence-electron chi connectivity index (χ4n) is 6.39. The summed E-state index contributed by atoms with van der Waals surface area (Å²) < 4.78 is 46.6. The third-order valence-electron chi connectivity index (χ3n) is 9.51. The highest BCUT2D eigenvalue weighted by molar-refractivity contribution is 7.89. The van der Waals surface area contributed by atoms with Gasteiger partial charge in [0.05, 0.1) is 38.2 Å². The summed E-state index contributed by atoms with van der Waals surface area (Å²) in [7, 11) is -2.92. The van der Waals surface area contributed by atoms with E-state index in [1.54, 1.807) is 56.0 Å². The Labute approximate surface area is 330 Å². The van der Waals surface area contributed by atoms with Gasteiger partial charge in [0.25, 0.3) is 0 Å². The van der Waals surface area contributed by atoms with E-state index < -0.39 is 40.3 Å². The van der Waals surface area contributed by atoms with Crippen LogP contribution >= 0.6 is 0 Å². The number of nitrogens with two attached hydrogens (primary N) is 1. The largest absolute Gasteiger partial charge is 0.496 e. The lowest BCUT2D eigenvalue weighted by Gasteiger charge is -2.31. The third-order valence-corrected chi connectivity index (χ3v) is 11.3. The number of benzene rings is 2. The van der Waals surface area contributed by atoms with Crippen molar-refractivity contribution in [1.82, 2.24) is 25.6 Å². The minimum Gasteiger partial charge on any atom is -0.496 e. The lowest BCUT2D eigenvalue weighted by atomic mass is 10.0. The van der Waals surface area contributed by atoms with E-state index in [2.05, 4.69) is 20.7 Å². The standard InChI is InChI=1S/C39H59N7O9S/c1-6-54-21-22-55-20-17-43-34(47)11-10-16-42-35(48)25-31(45-56(51,52)36-26(2)23-33(53-5)27(3)28(36)4)38(49)44-32(39(50)46-18-8-7-9-19-46)24-29-12-14-30(15-13-29)37(40)41/h12-15,23,31-32,45H,6-11,16-22,24-25H2,1-5H3,(H3,40,41)(H,42,48)(H,43,47)(H,44,49). The minimum atomic E-state index is -4.41. The van der Waals surface area contributed by atoms with E-state index in [1.807, 2.05) is 6.92 Å². The van der Waals surface area contributed by atoms with E-state index in [4.69, 9.17) is 25.4 Å². The van der Waals surface area contributed by atoms with Crippen molar-refractivity contribution < 1.29 is 41.8 Å². The van der Waals surface area contributed by atoms with Crippen molar-refractivity contribution >= 4 is 39.5 Å². The number of nitrogens with one attached hydrogen (secondary N) is 5. The van der Waals surface area contributed by atoms with Gasteiger partial charge in [0.2, 0.25) is 33.7 Å². The topological polar surface area (TPSA) is 231 Å². The van der Waals surface area contributed by atoms with Crippen LogP contribution in [0.2, 0.25) is 0 Å². The van der Waals surface area contributed by atoms with Gasteiger partial charge in [0, 0.05) is 51.2 Å². The van der Waals surface area contributed by atoms with Crippen LogP contribution in [-0.4, -0.2) is 115 Å². The zero-order valence-electron chi connectivity index (χ0n) is 33.3. The van der Waals surface area contributed by atoms with E-state index in [9.17, 15) is 27.6 Å². The van der Waals surface area contributed by atoms with Crippen LogP contribution in [0.15, 0.2) is 35.2 Å². The highest BCUT2D eigenvalue weighted by Crippen LogP contribution is 2.30. The molecule has 2 aromatic carbocycles. The zero-order chi connectivity index (χ0) is 41.3. The van der Waals surface area contributed by atoms with Crippen molar-refractivity contribution in [3.63, 3.8) is 0 Å². The molecule has 0 radical (unpaired) electrons. The predicted molar refractivity (Wildman–Crippen MR) is 212 cm³/mol. The molecule has 2 unspecified atom stereocenters. The summed E-state index contributed by atoms with van der Waals surface area (Å²) in [6, 6.07) is 5.62. The molecule has 1 heterocycles. The Morgan fingerprint density at radius 1 is 0.893 bits per heavy atom. The number of nitrogens with zero attached hydrogens (tertiary/aromatic N) is 1. The molecule has 1 aliphatic rings. The zero-order valence-corrected chi connectivity index (χ0v) is 34.1. The van der Waals surface area contributed by atoms with Crippen molar-refractivity contribution in [3.8, 4) is 5.75 Å². The number of amidine groups is 1. The van der Waals surface area contributed by atoms with Crippen LogP contribution in [0.1, 0.15) is 73.3 Å². The van der Waals surface area contributed by atoms with Crippen LogP contribution in [0.5, 0.6) is 5.75 Å². The molecule has 0 aliphatic carbocycles. The lowest BCUT2D eigenvalue weighted by Crippen LogP contribution is -2.56. The number of carbonyl (C=O) groups is 4. The monoisotopic (exact) mass is 801 g/mol. The van der Waals surface area contributed by atoms with Gasteiger partial charge < -0.3 is 40.8 Å². The molecular formula is C39H59N7O9S. The second kappa shape index (κ2) is 22.8. The number of amides is 4. The molecule has 1 saturated heterocycles. The Kier molecular flexibility index (Phi) is 18.7. The average Bonchev–Trinajstić information content (AvgIpc) is 3.17. The van der Waals surface area contributed by atoms with E-state index in [-0.39, 0.29) is 41.9 Å². The number of hydrogen-bond donors (Lipinski definition) is 6. The highest BCUT2D eigenvalue weighted by atomic mass is 32.2. The number of likely N-dealkylation sites (tertiary alicyclic amines) is 1. The second-order valence-electron chi connectivity index (χ2n) is 13.7. The van der Waals surface area contributed by atoms with Crippen molar-refractivity contribution in [2.24, 2.45) is 5.73 Å². The minimum absolute atomic E-state index is 0.0498. The number of carbonyl (C=O) groups excluding carboxylic acids is 4. The molecular weight excluding hydrogens is 743 g/mol. The molecule has 2 atom stereocenters. The highest BCUT2D eigenvalue weighted by Gasteiger charge is 2.34. The molecule has 1 aliphatic heterocycles. The Hall–Kier alpha value is -4.58. The number of nitrogen functional groups attached to an aromatic ring is 1. The molecule has 17 heteroatoms. The van der Waals surface area contributed by atoms with Gasteiger partial charge in [-0.05, 0) is 81.7 Å². The fourth-order valence-corrected chi connectivity index (χ4v) is 8.12.